The molecule has 5 rings (SSSR count). The molecule has 0 spiro atoms. The summed E-state index contributed by atoms with van der Waals surface area (Å²) in [6, 6.07) is 0.207. The summed E-state index contributed by atoms with van der Waals surface area (Å²) < 4.78 is 17.4. The first-order valence-corrected chi connectivity index (χ1v) is 15.2. The maximum Gasteiger partial charge on any atom is 0.410 e. The van der Waals surface area contributed by atoms with Gasteiger partial charge in [-0.1, -0.05) is 6.92 Å². The van der Waals surface area contributed by atoms with E-state index in [-0.39, 0.29) is 41.6 Å². The summed E-state index contributed by atoms with van der Waals surface area (Å²) in [5.41, 5.74) is -0.0853. The van der Waals surface area contributed by atoms with E-state index in [2.05, 4.69) is 22.1 Å². The van der Waals surface area contributed by atoms with Crippen molar-refractivity contribution in [1.29, 1.82) is 0 Å². The summed E-state index contributed by atoms with van der Waals surface area (Å²) in [6.45, 7) is 16.7. The van der Waals surface area contributed by atoms with E-state index < -0.39 is 11.2 Å². The minimum absolute atomic E-state index is 0.0140. The molecule has 3 fully saturated rings. The Hall–Kier alpha value is -3.31. The topological polar surface area (TPSA) is 126 Å². The molecule has 0 radical (unpaired) electrons. The number of hydrogen-bond donors (Lipinski definition) is 1. The monoisotopic (exact) mass is 586 g/mol. The maximum atomic E-state index is 13.0. The number of piperazine rings is 1. The van der Waals surface area contributed by atoms with Crippen LogP contribution in [0.5, 0.6) is 6.01 Å². The number of ether oxygens (including phenoxy) is 3. The summed E-state index contributed by atoms with van der Waals surface area (Å²) in [4.78, 5) is 53.6. The summed E-state index contributed by atoms with van der Waals surface area (Å²) in [5, 5.41) is 2.89. The third kappa shape index (κ3) is 6.67. The lowest BCUT2D eigenvalue weighted by molar-refractivity contribution is 0.00525. The first-order chi connectivity index (χ1) is 19.6. The average molecular weight is 587 g/mol. The molecule has 1 aromatic heterocycles. The van der Waals surface area contributed by atoms with Crippen molar-refractivity contribution >= 4 is 23.9 Å². The fourth-order valence-corrected chi connectivity index (χ4v) is 6.21. The van der Waals surface area contributed by atoms with E-state index >= 15 is 0 Å². The van der Waals surface area contributed by atoms with Crippen LogP contribution in [0.15, 0.2) is 0 Å². The Labute approximate surface area is 248 Å². The minimum atomic E-state index is -0.554. The lowest BCUT2D eigenvalue weighted by atomic mass is 9.81. The highest BCUT2D eigenvalue weighted by atomic mass is 16.6. The predicted octanol–water partition coefficient (Wildman–Crippen LogP) is 3.77. The van der Waals surface area contributed by atoms with E-state index in [1.54, 1.807) is 4.90 Å². The largest absolute Gasteiger partial charge is 0.463 e. The van der Waals surface area contributed by atoms with Crippen LogP contribution in [0, 0.1) is 5.41 Å². The van der Waals surface area contributed by atoms with Gasteiger partial charge in [0.1, 0.15) is 22.7 Å². The van der Waals surface area contributed by atoms with Crippen LogP contribution >= 0.6 is 0 Å². The fraction of sp³-hybridized carbons (Fsp3) is 0.767. The molecule has 0 aliphatic carbocycles. The molecule has 2 atom stereocenters. The van der Waals surface area contributed by atoms with E-state index in [9.17, 15) is 14.4 Å². The van der Waals surface area contributed by atoms with Crippen LogP contribution in [0.3, 0.4) is 0 Å². The number of nitrogens with one attached hydrogen (secondary N) is 1. The molecule has 4 aliphatic rings. The van der Waals surface area contributed by atoms with Crippen LogP contribution in [-0.4, -0.2) is 100 Å². The number of piperidine rings is 1. The van der Waals surface area contributed by atoms with Crippen LogP contribution in [-0.2, 0) is 15.9 Å². The summed E-state index contributed by atoms with van der Waals surface area (Å²) >= 11 is 0. The minimum Gasteiger partial charge on any atom is -0.463 e. The molecule has 5 heterocycles. The standard InChI is InChI=1S/C30H46N6O6/c1-28(2,3)41-26(38)34-14-11-30(7,12-15-34)18-40-25-32-22-21(10-13-31-24(22)37)23(33-25)35-16-19-8-9-20(17-35)36(19)27(39)42-29(4,5)6/h19-20H,8-18H2,1-7H3,(H,31,37). The molecule has 4 aliphatic heterocycles. The number of rotatable bonds is 4. The number of amides is 3. The van der Waals surface area contributed by atoms with Gasteiger partial charge in [0.2, 0.25) is 0 Å². The summed E-state index contributed by atoms with van der Waals surface area (Å²) in [5.74, 6) is 0.493. The van der Waals surface area contributed by atoms with Crippen molar-refractivity contribution in [2.75, 3.05) is 44.2 Å². The Morgan fingerprint density at radius 1 is 0.952 bits per heavy atom. The zero-order chi connectivity index (χ0) is 30.4. The Kier molecular flexibility index (Phi) is 7.95. The van der Waals surface area contributed by atoms with Gasteiger partial charge in [-0.15, -0.1) is 0 Å². The van der Waals surface area contributed by atoms with Gasteiger partial charge >= 0.3 is 18.2 Å². The van der Waals surface area contributed by atoms with E-state index in [1.165, 1.54) is 0 Å². The van der Waals surface area contributed by atoms with Crippen LogP contribution in [0.1, 0.15) is 90.2 Å². The van der Waals surface area contributed by atoms with Crippen molar-refractivity contribution in [3.8, 4) is 6.01 Å². The molecule has 42 heavy (non-hydrogen) atoms. The number of anilines is 1. The number of fused-ring (bicyclic) bond motifs is 3. The molecule has 2 bridgehead atoms. The van der Waals surface area contributed by atoms with Crippen molar-refractivity contribution in [3.05, 3.63) is 11.3 Å². The van der Waals surface area contributed by atoms with Gasteiger partial charge in [0, 0.05) is 43.7 Å². The van der Waals surface area contributed by atoms with Crippen molar-refractivity contribution in [2.24, 2.45) is 5.41 Å². The van der Waals surface area contributed by atoms with Crippen LogP contribution in [0.4, 0.5) is 15.4 Å². The first kappa shape index (κ1) is 30.2. The fourth-order valence-electron chi connectivity index (χ4n) is 6.21. The zero-order valence-corrected chi connectivity index (χ0v) is 26.1. The molecule has 232 valence electrons. The molecule has 1 aromatic rings. The Morgan fingerprint density at radius 3 is 2.14 bits per heavy atom. The molecule has 1 N–H and O–H groups in total. The lowest BCUT2D eigenvalue weighted by Gasteiger charge is -2.42. The van der Waals surface area contributed by atoms with Crippen LogP contribution in [0.2, 0.25) is 0 Å². The second-order valence-electron chi connectivity index (χ2n) is 14.4. The molecule has 2 unspecified atom stereocenters. The molecule has 0 saturated carbocycles. The second kappa shape index (κ2) is 11.1. The van der Waals surface area contributed by atoms with Gasteiger partial charge < -0.3 is 29.3 Å². The van der Waals surface area contributed by atoms with Gasteiger partial charge in [0.15, 0.2) is 0 Å². The van der Waals surface area contributed by atoms with Crippen molar-refractivity contribution in [2.45, 2.75) is 104 Å². The number of hydrogen-bond acceptors (Lipinski definition) is 9. The molecule has 0 aromatic carbocycles. The van der Waals surface area contributed by atoms with Gasteiger partial charge in [-0.25, -0.2) is 9.59 Å². The Bertz CT molecular complexity index is 1200. The van der Waals surface area contributed by atoms with Crippen LogP contribution in [0.25, 0.3) is 0 Å². The van der Waals surface area contributed by atoms with Gasteiger partial charge in [0.25, 0.3) is 5.91 Å². The maximum absolute atomic E-state index is 13.0. The SMILES string of the molecule is CC1(COc2nc3c(c(N4CC5CCC(C4)N5C(=O)OC(C)(C)C)n2)CCNC3=O)CCN(C(=O)OC(C)(C)C)CC1. The van der Waals surface area contributed by atoms with Crippen LogP contribution < -0.4 is 15.0 Å². The van der Waals surface area contributed by atoms with E-state index in [1.807, 2.05) is 46.4 Å². The van der Waals surface area contributed by atoms with Gasteiger partial charge in [-0.2, -0.15) is 9.97 Å². The number of likely N-dealkylation sites (tertiary alicyclic amines) is 1. The molecular weight excluding hydrogens is 540 g/mol. The molecular formula is C30H46N6O6. The third-order valence-electron chi connectivity index (χ3n) is 8.40. The second-order valence-corrected chi connectivity index (χ2v) is 14.4. The highest BCUT2D eigenvalue weighted by Gasteiger charge is 2.45. The molecule has 3 amide bonds. The van der Waals surface area contributed by atoms with E-state index in [0.717, 1.165) is 37.1 Å². The normalized spacial score (nSPS) is 23.7. The first-order valence-electron chi connectivity index (χ1n) is 15.2. The zero-order valence-electron chi connectivity index (χ0n) is 26.1. The quantitative estimate of drug-likeness (QED) is 0.561. The van der Waals surface area contributed by atoms with Crippen molar-refractivity contribution < 1.29 is 28.6 Å². The predicted molar refractivity (Wildman–Crippen MR) is 156 cm³/mol. The number of carbonyl (C=O) groups excluding carboxylic acids is 3. The van der Waals surface area contributed by atoms with Gasteiger partial charge in [-0.05, 0) is 73.6 Å². The molecule has 12 heteroatoms. The molecule has 3 saturated heterocycles. The van der Waals surface area contributed by atoms with Crippen molar-refractivity contribution in [3.63, 3.8) is 0 Å². The van der Waals surface area contributed by atoms with Crippen molar-refractivity contribution in [1.82, 2.24) is 25.1 Å². The smallest absolute Gasteiger partial charge is 0.410 e. The Morgan fingerprint density at radius 2 is 1.55 bits per heavy atom. The van der Waals surface area contributed by atoms with Gasteiger partial charge in [0.05, 0.1) is 18.7 Å². The lowest BCUT2D eigenvalue weighted by Crippen LogP contribution is -2.57. The number of nitrogens with zero attached hydrogens (tertiary/aromatic N) is 5. The highest BCUT2D eigenvalue weighted by Crippen LogP contribution is 2.37. The van der Waals surface area contributed by atoms with E-state index in [4.69, 9.17) is 19.2 Å². The van der Waals surface area contributed by atoms with E-state index in [0.29, 0.717) is 51.4 Å². The summed E-state index contributed by atoms with van der Waals surface area (Å²) in [6.07, 6.45) is 3.37. The number of carbonyl (C=O) groups is 3. The number of aromatic nitrogens is 2. The third-order valence-corrected chi connectivity index (χ3v) is 8.40. The highest BCUT2D eigenvalue weighted by molar-refractivity contribution is 5.96. The average Bonchev–Trinajstić information content (AvgIpc) is 3.15. The molecule has 12 nitrogen and oxygen atoms in total. The van der Waals surface area contributed by atoms with Gasteiger partial charge in [-0.3, -0.25) is 9.69 Å². The Balaban J connectivity index is 1.29. The summed E-state index contributed by atoms with van der Waals surface area (Å²) in [7, 11) is 0.